The predicted octanol–water partition coefficient (Wildman–Crippen LogP) is 2.44. The molecule has 4 nitrogen and oxygen atoms in total. The van der Waals surface area contributed by atoms with Gasteiger partial charge in [0.1, 0.15) is 12.4 Å². The number of nitrogens with zero attached hydrogens (tertiary/aromatic N) is 1. The van der Waals surface area contributed by atoms with Crippen molar-refractivity contribution in [2.24, 2.45) is 0 Å². The summed E-state index contributed by atoms with van der Waals surface area (Å²) in [5.41, 5.74) is 0. The number of likely N-dealkylation sites (N-methyl/N-ethyl adjacent to an activating group) is 1. The van der Waals surface area contributed by atoms with Gasteiger partial charge in [-0.2, -0.15) is 0 Å². The number of para-hydroxylation sites is 1. The standard InChI is InChI=1S/C17H26N2O2/c1-14(17(20)18-15-8-6-7-9-15)19(2)12-13-21-16-10-4-3-5-11-16/h3-5,10-11,14-15H,6-9,12-13H2,1-2H3,(H,18,20). The predicted molar refractivity (Wildman–Crippen MR) is 84.4 cm³/mol. The maximum Gasteiger partial charge on any atom is 0.237 e. The fraction of sp³-hybridized carbons (Fsp3) is 0.588. The minimum Gasteiger partial charge on any atom is -0.492 e. The highest BCUT2D eigenvalue weighted by molar-refractivity contribution is 5.81. The largest absolute Gasteiger partial charge is 0.492 e. The summed E-state index contributed by atoms with van der Waals surface area (Å²) in [6.07, 6.45) is 4.72. The molecule has 0 saturated heterocycles. The summed E-state index contributed by atoms with van der Waals surface area (Å²) in [6.45, 7) is 3.27. The highest BCUT2D eigenvalue weighted by Crippen LogP contribution is 2.17. The minimum absolute atomic E-state index is 0.120. The summed E-state index contributed by atoms with van der Waals surface area (Å²) >= 11 is 0. The molecule has 4 heteroatoms. The van der Waals surface area contributed by atoms with Gasteiger partial charge in [0.2, 0.25) is 5.91 Å². The van der Waals surface area contributed by atoms with Gasteiger partial charge in [0, 0.05) is 12.6 Å². The van der Waals surface area contributed by atoms with Crippen molar-refractivity contribution in [3.8, 4) is 5.75 Å². The average molecular weight is 290 g/mol. The number of hydrogen-bond acceptors (Lipinski definition) is 3. The zero-order valence-corrected chi connectivity index (χ0v) is 13.0. The highest BCUT2D eigenvalue weighted by Gasteiger charge is 2.22. The molecule has 1 fully saturated rings. The molecule has 1 atom stereocenters. The normalized spacial score (nSPS) is 16.9. The van der Waals surface area contributed by atoms with E-state index in [1.165, 1.54) is 12.8 Å². The number of rotatable bonds is 7. The van der Waals surface area contributed by atoms with Crippen molar-refractivity contribution in [1.82, 2.24) is 10.2 Å². The van der Waals surface area contributed by atoms with E-state index in [1.54, 1.807) is 0 Å². The molecule has 0 radical (unpaired) electrons. The van der Waals surface area contributed by atoms with Gasteiger partial charge in [-0.15, -0.1) is 0 Å². The van der Waals surface area contributed by atoms with Crippen molar-refractivity contribution in [1.29, 1.82) is 0 Å². The van der Waals surface area contributed by atoms with Gasteiger partial charge < -0.3 is 10.1 Å². The Kier molecular flexibility index (Phi) is 6.05. The van der Waals surface area contributed by atoms with E-state index in [2.05, 4.69) is 5.32 Å². The number of benzene rings is 1. The van der Waals surface area contributed by atoms with Gasteiger partial charge in [0.25, 0.3) is 0 Å². The monoisotopic (exact) mass is 290 g/mol. The Labute approximate surface area is 127 Å². The third kappa shape index (κ3) is 5.05. The number of ether oxygens (including phenoxy) is 1. The van der Waals surface area contributed by atoms with Crippen molar-refractivity contribution in [3.05, 3.63) is 30.3 Å². The smallest absolute Gasteiger partial charge is 0.237 e. The number of carbonyl (C=O) groups excluding carboxylic acids is 1. The van der Waals surface area contributed by atoms with Crippen LogP contribution in [0.2, 0.25) is 0 Å². The molecule has 0 aliphatic heterocycles. The first-order valence-corrected chi connectivity index (χ1v) is 7.85. The molecule has 0 bridgehead atoms. The van der Waals surface area contributed by atoms with Crippen LogP contribution in [0.4, 0.5) is 0 Å². The molecule has 1 amide bonds. The molecule has 1 unspecified atom stereocenters. The van der Waals surface area contributed by atoms with Crippen LogP contribution in [-0.4, -0.2) is 43.1 Å². The van der Waals surface area contributed by atoms with E-state index in [1.807, 2.05) is 49.2 Å². The van der Waals surface area contributed by atoms with Crippen LogP contribution in [0.5, 0.6) is 5.75 Å². The second-order valence-corrected chi connectivity index (χ2v) is 5.81. The molecule has 2 rings (SSSR count). The number of hydrogen-bond donors (Lipinski definition) is 1. The van der Waals surface area contributed by atoms with Gasteiger partial charge in [0.05, 0.1) is 6.04 Å². The summed E-state index contributed by atoms with van der Waals surface area (Å²) in [6, 6.07) is 10.0. The van der Waals surface area contributed by atoms with Gasteiger partial charge in [-0.3, -0.25) is 9.69 Å². The van der Waals surface area contributed by atoms with Crippen molar-refractivity contribution in [2.75, 3.05) is 20.2 Å². The van der Waals surface area contributed by atoms with Gasteiger partial charge in [-0.05, 0) is 38.9 Å². The van der Waals surface area contributed by atoms with Gasteiger partial charge in [0.15, 0.2) is 0 Å². The molecule has 1 aromatic rings. The Bertz CT molecular complexity index is 430. The Balaban J connectivity index is 1.69. The van der Waals surface area contributed by atoms with Crippen LogP contribution in [0.1, 0.15) is 32.6 Å². The lowest BCUT2D eigenvalue weighted by Crippen LogP contribution is -2.47. The van der Waals surface area contributed by atoms with Crippen LogP contribution in [0, 0.1) is 0 Å². The van der Waals surface area contributed by atoms with Crippen LogP contribution in [0.15, 0.2) is 30.3 Å². The lowest BCUT2D eigenvalue weighted by molar-refractivity contribution is -0.126. The van der Waals surface area contributed by atoms with Crippen molar-refractivity contribution < 1.29 is 9.53 Å². The van der Waals surface area contributed by atoms with E-state index in [9.17, 15) is 4.79 Å². The van der Waals surface area contributed by atoms with Gasteiger partial charge in [-0.1, -0.05) is 31.0 Å². The SMILES string of the molecule is CC(C(=O)NC1CCCC1)N(C)CCOc1ccccc1. The van der Waals surface area contributed by atoms with E-state index in [4.69, 9.17) is 4.74 Å². The Morgan fingerprint density at radius 3 is 2.67 bits per heavy atom. The Hall–Kier alpha value is -1.55. The second-order valence-electron chi connectivity index (χ2n) is 5.81. The summed E-state index contributed by atoms with van der Waals surface area (Å²) in [4.78, 5) is 14.2. The molecule has 0 aromatic heterocycles. The lowest BCUT2D eigenvalue weighted by Gasteiger charge is -2.25. The molecule has 116 valence electrons. The van der Waals surface area contributed by atoms with E-state index in [0.717, 1.165) is 25.1 Å². The molecule has 0 heterocycles. The molecule has 1 aliphatic rings. The van der Waals surface area contributed by atoms with Gasteiger partial charge in [-0.25, -0.2) is 0 Å². The summed E-state index contributed by atoms with van der Waals surface area (Å²) in [7, 11) is 1.97. The lowest BCUT2D eigenvalue weighted by atomic mass is 10.2. The zero-order valence-electron chi connectivity index (χ0n) is 13.0. The topological polar surface area (TPSA) is 41.6 Å². The fourth-order valence-electron chi connectivity index (χ4n) is 2.61. The molecule has 1 aliphatic carbocycles. The fourth-order valence-corrected chi connectivity index (χ4v) is 2.61. The third-order valence-corrected chi connectivity index (χ3v) is 4.20. The van der Waals surface area contributed by atoms with Crippen LogP contribution in [0.25, 0.3) is 0 Å². The molecule has 1 aromatic carbocycles. The van der Waals surface area contributed by atoms with E-state index >= 15 is 0 Å². The first-order valence-electron chi connectivity index (χ1n) is 7.85. The Morgan fingerprint density at radius 2 is 2.00 bits per heavy atom. The zero-order chi connectivity index (χ0) is 15.1. The van der Waals surface area contributed by atoms with Crippen molar-refractivity contribution >= 4 is 5.91 Å². The van der Waals surface area contributed by atoms with Crippen LogP contribution in [-0.2, 0) is 4.79 Å². The molecule has 0 spiro atoms. The summed E-state index contributed by atoms with van der Waals surface area (Å²) in [5, 5.41) is 3.15. The van der Waals surface area contributed by atoms with Crippen LogP contribution >= 0.6 is 0 Å². The molecular formula is C17H26N2O2. The van der Waals surface area contributed by atoms with E-state index in [0.29, 0.717) is 12.6 Å². The maximum absolute atomic E-state index is 12.2. The molecular weight excluding hydrogens is 264 g/mol. The quantitative estimate of drug-likeness (QED) is 0.838. The summed E-state index contributed by atoms with van der Waals surface area (Å²) in [5.74, 6) is 0.998. The molecule has 1 saturated carbocycles. The van der Waals surface area contributed by atoms with Crippen molar-refractivity contribution in [3.63, 3.8) is 0 Å². The van der Waals surface area contributed by atoms with Crippen molar-refractivity contribution in [2.45, 2.75) is 44.7 Å². The van der Waals surface area contributed by atoms with Gasteiger partial charge >= 0.3 is 0 Å². The van der Waals surface area contributed by atoms with Crippen LogP contribution in [0.3, 0.4) is 0 Å². The average Bonchev–Trinajstić information content (AvgIpc) is 3.00. The highest BCUT2D eigenvalue weighted by atomic mass is 16.5. The first kappa shape index (κ1) is 15.8. The minimum atomic E-state index is -0.120. The second kappa shape index (κ2) is 8.03. The van der Waals surface area contributed by atoms with Crippen LogP contribution < -0.4 is 10.1 Å². The van der Waals surface area contributed by atoms with E-state index in [-0.39, 0.29) is 11.9 Å². The maximum atomic E-state index is 12.2. The number of amides is 1. The molecule has 21 heavy (non-hydrogen) atoms. The number of carbonyl (C=O) groups is 1. The first-order chi connectivity index (χ1) is 10.2. The summed E-state index contributed by atoms with van der Waals surface area (Å²) < 4.78 is 5.67. The molecule has 1 N–H and O–H groups in total. The third-order valence-electron chi connectivity index (χ3n) is 4.20. The van der Waals surface area contributed by atoms with E-state index < -0.39 is 0 Å². The Morgan fingerprint density at radius 1 is 1.33 bits per heavy atom. The number of nitrogens with one attached hydrogen (secondary N) is 1.